The molecule has 5 heteroatoms. The van der Waals surface area contributed by atoms with Crippen molar-refractivity contribution in [2.24, 2.45) is 0 Å². The Morgan fingerprint density at radius 3 is 2.95 bits per heavy atom. The third-order valence-corrected chi connectivity index (χ3v) is 3.93. The second-order valence-corrected chi connectivity index (χ2v) is 5.87. The topological polar surface area (TPSA) is 40.7 Å². The van der Waals surface area contributed by atoms with Gasteiger partial charge in [0.15, 0.2) is 0 Å². The third kappa shape index (κ3) is 2.67. The van der Waals surface area contributed by atoms with Gasteiger partial charge in [-0.2, -0.15) is 0 Å². The van der Waals surface area contributed by atoms with Crippen LogP contribution in [0, 0.1) is 6.92 Å². The van der Waals surface area contributed by atoms with Gasteiger partial charge >= 0.3 is 0 Å². The van der Waals surface area contributed by atoms with Crippen LogP contribution in [0.1, 0.15) is 11.3 Å². The summed E-state index contributed by atoms with van der Waals surface area (Å²) in [7, 11) is 0. The van der Waals surface area contributed by atoms with Crippen molar-refractivity contribution in [1.82, 2.24) is 9.97 Å². The Kier molecular flexibility index (Phi) is 3.68. The van der Waals surface area contributed by atoms with Crippen LogP contribution in [0.2, 0.25) is 5.02 Å². The van der Waals surface area contributed by atoms with Gasteiger partial charge in [-0.15, -0.1) is 0 Å². The molecule has 2 aromatic heterocycles. The number of benzene rings is 1. The molecule has 0 radical (unpaired) electrons. The quantitative estimate of drug-likeness (QED) is 0.660. The van der Waals surface area contributed by atoms with E-state index in [0.29, 0.717) is 0 Å². The summed E-state index contributed by atoms with van der Waals surface area (Å²) in [6.07, 6.45) is 2.01. The Morgan fingerprint density at radius 1 is 1.30 bits per heavy atom. The number of anilines is 1. The molecule has 0 amide bonds. The normalized spacial score (nSPS) is 10.9. The fraction of sp³-hybridized carbons (Fsp3) is 0.133. The largest absolute Gasteiger partial charge is 0.379 e. The lowest BCUT2D eigenvalue weighted by molar-refractivity contribution is 1.10. The number of H-pyrrole nitrogens is 1. The van der Waals surface area contributed by atoms with Gasteiger partial charge in [0.2, 0.25) is 0 Å². The second-order valence-electron chi connectivity index (χ2n) is 4.62. The molecule has 0 bridgehead atoms. The average Bonchev–Trinajstić information content (AvgIpc) is 2.80. The maximum absolute atomic E-state index is 5.99. The summed E-state index contributed by atoms with van der Waals surface area (Å²) < 4.78 is 0.849. The SMILES string of the molecule is Cc1nc(Br)ccc1NCc1c[nH]c2cc(Cl)ccc12. The lowest BCUT2D eigenvalue weighted by Crippen LogP contribution is -2.01. The molecule has 1 aromatic carbocycles. The summed E-state index contributed by atoms with van der Waals surface area (Å²) in [5.41, 5.74) is 4.28. The zero-order chi connectivity index (χ0) is 14.1. The van der Waals surface area contributed by atoms with Gasteiger partial charge in [-0.25, -0.2) is 4.98 Å². The van der Waals surface area contributed by atoms with Crippen molar-refractivity contribution in [3.8, 4) is 0 Å². The summed E-state index contributed by atoms with van der Waals surface area (Å²) >= 11 is 9.36. The highest BCUT2D eigenvalue weighted by Crippen LogP contribution is 2.23. The number of aryl methyl sites for hydroxylation is 1. The summed E-state index contributed by atoms with van der Waals surface area (Å²) in [6, 6.07) is 9.85. The standard InChI is InChI=1S/C15H13BrClN3/c1-9-13(4-5-15(16)20-9)18-7-10-8-19-14-6-11(17)2-3-12(10)14/h2-6,8,18-19H,7H2,1H3. The van der Waals surface area contributed by atoms with Crippen LogP contribution in [0.3, 0.4) is 0 Å². The molecule has 102 valence electrons. The predicted octanol–water partition coefficient (Wildman–Crippen LogP) is 4.90. The Hall–Kier alpha value is -1.52. The van der Waals surface area contributed by atoms with E-state index in [9.17, 15) is 0 Å². The molecule has 0 aliphatic heterocycles. The first-order valence-electron chi connectivity index (χ1n) is 6.26. The maximum Gasteiger partial charge on any atom is 0.106 e. The van der Waals surface area contributed by atoms with Crippen molar-refractivity contribution in [3.05, 3.63) is 57.4 Å². The van der Waals surface area contributed by atoms with Crippen LogP contribution >= 0.6 is 27.5 Å². The predicted molar refractivity (Wildman–Crippen MR) is 87.3 cm³/mol. The molecule has 3 rings (SSSR count). The van der Waals surface area contributed by atoms with Crippen LogP contribution in [-0.4, -0.2) is 9.97 Å². The molecule has 2 N–H and O–H groups in total. The van der Waals surface area contributed by atoms with E-state index in [4.69, 9.17) is 11.6 Å². The number of pyridine rings is 1. The first kappa shape index (κ1) is 13.5. The lowest BCUT2D eigenvalue weighted by Gasteiger charge is -2.08. The van der Waals surface area contributed by atoms with Crippen molar-refractivity contribution >= 4 is 44.1 Å². The molecule has 0 unspecified atom stereocenters. The van der Waals surface area contributed by atoms with E-state index in [2.05, 4.69) is 31.2 Å². The highest BCUT2D eigenvalue weighted by Gasteiger charge is 2.05. The molecular weight excluding hydrogens is 338 g/mol. The van der Waals surface area contributed by atoms with E-state index in [1.807, 2.05) is 43.5 Å². The lowest BCUT2D eigenvalue weighted by atomic mass is 10.1. The fourth-order valence-electron chi connectivity index (χ4n) is 2.21. The van der Waals surface area contributed by atoms with Gasteiger partial charge in [-0.3, -0.25) is 0 Å². The molecule has 0 fully saturated rings. The molecule has 0 saturated carbocycles. The van der Waals surface area contributed by atoms with E-state index in [1.54, 1.807) is 0 Å². The number of aromatic nitrogens is 2. The highest BCUT2D eigenvalue weighted by molar-refractivity contribution is 9.10. The van der Waals surface area contributed by atoms with Crippen LogP contribution < -0.4 is 5.32 Å². The molecule has 0 spiro atoms. The van der Waals surface area contributed by atoms with Gasteiger partial charge in [0.1, 0.15) is 4.60 Å². The van der Waals surface area contributed by atoms with E-state index in [0.717, 1.165) is 33.1 Å². The first-order chi connectivity index (χ1) is 9.63. The number of fused-ring (bicyclic) bond motifs is 1. The Morgan fingerprint density at radius 2 is 2.15 bits per heavy atom. The second kappa shape index (κ2) is 5.46. The van der Waals surface area contributed by atoms with E-state index >= 15 is 0 Å². The summed E-state index contributed by atoms with van der Waals surface area (Å²) in [6.45, 7) is 2.73. The van der Waals surface area contributed by atoms with Crippen LogP contribution in [0.5, 0.6) is 0 Å². The maximum atomic E-state index is 5.99. The van der Waals surface area contributed by atoms with Crippen molar-refractivity contribution in [1.29, 1.82) is 0 Å². The first-order valence-corrected chi connectivity index (χ1v) is 7.43. The molecule has 2 heterocycles. The number of halogens is 2. The minimum absolute atomic E-state index is 0.742. The Bertz CT molecular complexity index is 767. The molecule has 0 aliphatic rings. The minimum Gasteiger partial charge on any atom is -0.379 e. The number of aromatic amines is 1. The molecule has 3 nitrogen and oxygen atoms in total. The minimum atomic E-state index is 0.742. The van der Waals surface area contributed by atoms with Crippen molar-refractivity contribution in [3.63, 3.8) is 0 Å². The number of nitrogens with zero attached hydrogens (tertiary/aromatic N) is 1. The van der Waals surface area contributed by atoms with Gasteiger partial charge in [-0.1, -0.05) is 17.7 Å². The molecular formula is C15H13BrClN3. The summed E-state index contributed by atoms with van der Waals surface area (Å²) in [5.74, 6) is 0. The number of rotatable bonds is 3. The average molecular weight is 351 g/mol. The van der Waals surface area contributed by atoms with Crippen molar-refractivity contribution in [2.75, 3.05) is 5.32 Å². The highest BCUT2D eigenvalue weighted by atomic mass is 79.9. The third-order valence-electron chi connectivity index (χ3n) is 3.25. The molecule has 0 saturated heterocycles. The molecule has 20 heavy (non-hydrogen) atoms. The van der Waals surface area contributed by atoms with Gasteiger partial charge in [0, 0.05) is 28.7 Å². The molecule has 0 atom stereocenters. The van der Waals surface area contributed by atoms with Crippen LogP contribution in [0.15, 0.2) is 41.1 Å². The van der Waals surface area contributed by atoms with Crippen molar-refractivity contribution < 1.29 is 0 Å². The van der Waals surface area contributed by atoms with Gasteiger partial charge < -0.3 is 10.3 Å². The fourth-order valence-corrected chi connectivity index (χ4v) is 2.78. The zero-order valence-electron chi connectivity index (χ0n) is 10.9. The van der Waals surface area contributed by atoms with E-state index in [1.165, 1.54) is 10.9 Å². The Balaban J connectivity index is 1.83. The van der Waals surface area contributed by atoms with E-state index < -0.39 is 0 Å². The van der Waals surface area contributed by atoms with Crippen LogP contribution in [0.25, 0.3) is 10.9 Å². The van der Waals surface area contributed by atoms with Gasteiger partial charge in [-0.05, 0) is 52.7 Å². The van der Waals surface area contributed by atoms with Crippen LogP contribution in [-0.2, 0) is 6.54 Å². The summed E-state index contributed by atoms with van der Waals surface area (Å²) in [4.78, 5) is 7.62. The zero-order valence-corrected chi connectivity index (χ0v) is 13.2. The smallest absolute Gasteiger partial charge is 0.106 e. The van der Waals surface area contributed by atoms with Crippen LogP contribution in [0.4, 0.5) is 5.69 Å². The van der Waals surface area contributed by atoms with Gasteiger partial charge in [0.05, 0.1) is 11.4 Å². The summed E-state index contributed by atoms with van der Waals surface area (Å²) in [5, 5.41) is 5.34. The number of hydrogen-bond acceptors (Lipinski definition) is 2. The Labute approximate surface area is 130 Å². The molecule has 0 aliphatic carbocycles. The van der Waals surface area contributed by atoms with Crippen molar-refractivity contribution in [2.45, 2.75) is 13.5 Å². The number of hydrogen-bond donors (Lipinski definition) is 2. The monoisotopic (exact) mass is 349 g/mol. The van der Waals surface area contributed by atoms with Gasteiger partial charge in [0.25, 0.3) is 0 Å². The number of nitrogens with one attached hydrogen (secondary N) is 2. The van der Waals surface area contributed by atoms with E-state index in [-0.39, 0.29) is 0 Å². The molecule has 3 aromatic rings.